The summed E-state index contributed by atoms with van der Waals surface area (Å²) in [6.07, 6.45) is 6.01. The van der Waals surface area contributed by atoms with E-state index in [1.54, 1.807) is 37.3 Å². The summed E-state index contributed by atoms with van der Waals surface area (Å²) in [5.74, 6) is -1.08. The van der Waals surface area contributed by atoms with Crippen molar-refractivity contribution in [3.05, 3.63) is 53.6 Å². The second-order valence-electron chi connectivity index (χ2n) is 5.54. The predicted molar refractivity (Wildman–Crippen MR) is 85.2 cm³/mol. The van der Waals surface area contributed by atoms with Crippen LogP contribution in [0.25, 0.3) is 0 Å². The van der Waals surface area contributed by atoms with E-state index < -0.39 is 18.2 Å². The lowest BCUT2D eigenvalue weighted by atomic mass is 10.0. The Kier molecular flexibility index (Phi) is 5.71. The van der Waals surface area contributed by atoms with Crippen molar-refractivity contribution >= 4 is 11.8 Å². The van der Waals surface area contributed by atoms with Gasteiger partial charge in [-0.25, -0.2) is 4.79 Å². The summed E-state index contributed by atoms with van der Waals surface area (Å²) in [6, 6.07) is 4.59. The number of hydrogen-bond donors (Lipinski definition) is 2. The molecule has 0 saturated heterocycles. The third kappa shape index (κ3) is 4.79. The fraction of sp³-hybridized carbons (Fsp3) is 0.333. The number of benzene rings is 1. The maximum absolute atomic E-state index is 12.3. The van der Waals surface area contributed by atoms with Crippen LogP contribution in [0.5, 0.6) is 5.75 Å². The van der Waals surface area contributed by atoms with E-state index in [4.69, 9.17) is 4.74 Å². The van der Waals surface area contributed by atoms with Crippen molar-refractivity contribution in [1.82, 2.24) is 0 Å². The van der Waals surface area contributed by atoms with Crippen molar-refractivity contribution in [1.29, 1.82) is 0 Å². The molecule has 5 nitrogen and oxygen atoms in total. The van der Waals surface area contributed by atoms with E-state index in [0.29, 0.717) is 18.4 Å². The number of esters is 1. The minimum absolute atomic E-state index is 0.0182. The standard InChI is InChI=1S/C18H20O5/c1-12-5-2-7-14(19)8-4-9-15(20)11-13-6-3-10-16(21)17(13)18(22)23-12/h2-4,6-7,9-10,12,14,19,21H,5,8,11H2,1H3/b7-2+,9-4+/t12-,14+/m1/s1. The molecule has 1 aliphatic rings. The zero-order valence-electron chi connectivity index (χ0n) is 12.9. The molecule has 5 heteroatoms. The van der Waals surface area contributed by atoms with Crippen molar-refractivity contribution in [3.8, 4) is 5.75 Å². The zero-order chi connectivity index (χ0) is 16.8. The van der Waals surface area contributed by atoms with E-state index in [2.05, 4.69) is 0 Å². The van der Waals surface area contributed by atoms with Crippen LogP contribution in [0, 0.1) is 0 Å². The van der Waals surface area contributed by atoms with Gasteiger partial charge in [-0.05, 0) is 31.1 Å². The van der Waals surface area contributed by atoms with Crippen LogP contribution in [0.2, 0.25) is 0 Å². The fourth-order valence-electron chi connectivity index (χ4n) is 2.35. The minimum atomic E-state index is -0.679. The monoisotopic (exact) mass is 316 g/mol. The van der Waals surface area contributed by atoms with Crippen LogP contribution in [-0.4, -0.2) is 34.2 Å². The molecule has 0 saturated carbocycles. The Labute approximate surface area is 134 Å². The summed E-state index contributed by atoms with van der Waals surface area (Å²) < 4.78 is 5.31. The summed E-state index contributed by atoms with van der Waals surface area (Å²) in [7, 11) is 0. The number of aliphatic hydroxyl groups excluding tert-OH is 1. The van der Waals surface area contributed by atoms with Crippen LogP contribution in [0.15, 0.2) is 42.5 Å². The van der Waals surface area contributed by atoms with Crippen LogP contribution in [-0.2, 0) is 16.0 Å². The number of cyclic esters (lactones) is 1. The second-order valence-corrected chi connectivity index (χ2v) is 5.54. The predicted octanol–water partition coefficient (Wildman–Crippen LogP) is 2.32. The Morgan fingerprint density at radius 2 is 1.96 bits per heavy atom. The van der Waals surface area contributed by atoms with Gasteiger partial charge in [-0.15, -0.1) is 0 Å². The largest absolute Gasteiger partial charge is 0.507 e. The minimum Gasteiger partial charge on any atom is -0.507 e. The van der Waals surface area contributed by atoms with Gasteiger partial charge in [0.1, 0.15) is 17.4 Å². The number of phenolic OH excluding ortho intramolecular Hbond substituents is 1. The van der Waals surface area contributed by atoms with Crippen LogP contribution in [0.1, 0.15) is 35.7 Å². The molecular weight excluding hydrogens is 296 g/mol. The molecule has 2 atom stereocenters. The first-order chi connectivity index (χ1) is 11.0. The number of phenols is 1. The number of fused-ring (bicyclic) bond motifs is 1. The highest BCUT2D eigenvalue weighted by molar-refractivity contribution is 5.98. The molecule has 23 heavy (non-hydrogen) atoms. The topological polar surface area (TPSA) is 83.8 Å². The summed E-state index contributed by atoms with van der Waals surface area (Å²) >= 11 is 0. The van der Waals surface area contributed by atoms with Gasteiger partial charge in [0, 0.05) is 12.8 Å². The Morgan fingerprint density at radius 1 is 1.17 bits per heavy atom. The first-order valence-electron chi connectivity index (χ1n) is 7.53. The first kappa shape index (κ1) is 17.0. The van der Waals surface area contributed by atoms with Gasteiger partial charge in [0.25, 0.3) is 0 Å². The van der Waals surface area contributed by atoms with E-state index in [1.165, 1.54) is 12.1 Å². The van der Waals surface area contributed by atoms with Crippen molar-refractivity contribution in [2.24, 2.45) is 0 Å². The fourth-order valence-corrected chi connectivity index (χ4v) is 2.35. The number of hydrogen-bond acceptors (Lipinski definition) is 5. The van der Waals surface area contributed by atoms with E-state index in [1.807, 2.05) is 0 Å². The molecule has 0 amide bonds. The van der Waals surface area contributed by atoms with E-state index >= 15 is 0 Å². The van der Waals surface area contributed by atoms with Gasteiger partial charge in [-0.2, -0.15) is 0 Å². The quantitative estimate of drug-likeness (QED) is 0.567. The van der Waals surface area contributed by atoms with Crippen molar-refractivity contribution in [2.75, 3.05) is 0 Å². The summed E-state index contributed by atoms with van der Waals surface area (Å²) in [6.45, 7) is 1.73. The summed E-state index contributed by atoms with van der Waals surface area (Å²) in [4.78, 5) is 24.3. The van der Waals surface area contributed by atoms with Crippen LogP contribution in [0.4, 0.5) is 0 Å². The summed E-state index contributed by atoms with van der Waals surface area (Å²) in [5, 5.41) is 19.7. The highest BCUT2D eigenvalue weighted by Gasteiger charge is 2.20. The van der Waals surface area contributed by atoms with E-state index in [0.717, 1.165) is 0 Å². The Morgan fingerprint density at radius 3 is 2.74 bits per heavy atom. The third-order valence-corrected chi connectivity index (χ3v) is 3.51. The van der Waals surface area contributed by atoms with Gasteiger partial charge in [0.15, 0.2) is 5.78 Å². The normalized spacial score (nSPS) is 25.8. The number of carbonyl (C=O) groups is 2. The van der Waals surface area contributed by atoms with Gasteiger partial charge in [-0.1, -0.05) is 30.4 Å². The number of carbonyl (C=O) groups excluding carboxylic acids is 2. The Bertz CT molecular complexity index is 645. The van der Waals surface area contributed by atoms with Gasteiger partial charge in [0.2, 0.25) is 0 Å². The van der Waals surface area contributed by atoms with E-state index in [9.17, 15) is 19.8 Å². The van der Waals surface area contributed by atoms with Gasteiger partial charge in [0.05, 0.1) is 6.10 Å². The number of allylic oxidation sites excluding steroid dienone is 1. The molecule has 2 rings (SSSR count). The van der Waals surface area contributed by atoms with Gasteiger partial charge >= 0.3 is 5.97 Å². The van der Waals surface area contributed by atoms with Gasteiger partial charge in [-0.3, -0.25) is 4.79 Å². The van der Waals surface area contributed by atoms with Crippen molar-refractivity contribution in [2.45, 2.75) is 38.4 Å². The molecule has 0 bridgehead atoms. The number of aliphatic hydroxyl groups is 1. The molecule has 1 aromatic rings. The maximum atomic E-state index is 12.3. The lowest BCUT2D eigenvalue weighted by molar-refractivity contribution is -0.114. The lowest BCUT2D eigenvalue weighted by Gasteiger charge is -2.15. The number of rotatable bonds is 0. The molecule has 1 aliphatic heterocycles. The SMILES string of the molecule is C[C@@H]1C/C=C/[C@H](O)C/C=C/C(=O)Cc2cccc(O)c2C(=O)O1. The van der Waals surface area contributed by atoms with E-state index in [-0.39, 0.29) is 23.5 Å². The molecule has 122 valence electrons. The molecule has 2 N–H and O–H groups in total. The molecule has 0 aliphatic carbocycles. The van der Waals surface area contributed by atoms with Gasteiger partial charge < -0.3 is 14.9 Å². The number of ether oxygens (including phenoxy) is 1. The summed E-state index contributed by atoms with van der Waals surface area (Å²) in [5.41, 5.74) is 0.451. The number of ketones is 1. The molecular formula is C18H20O5. The molecule has 0 fully saturated rings. The molecule has 1 aromatic carbocycles. The number of aromatic hydroxyl groups is 1. The molecule has 0 aromatic heterocycles. The lowest BCUT2D eigenvalue weighted by Crippen LogP contribution is -2.17. The average Bonchev–Trinajstić information content (AvgIpc) is 2.46. The molecule has 0 unspecified atom stereocenters. The third-order valence-electron chi connectivity index (χ3n) is 3.51. The molecule has 0 radical (unpaired) electrons. The zero-order valence-corrected chi connectivity index (χ0v) is 12.9. The van der Waals surface area contributed by atoms with Crippen molar-refractivity contribution < 1.29 is 24.5 Å². The Hall–Kier alpha value is -2.40. The smallest absolute Gasteiger partial charge is 0.342 e. The van der Waals surface area contributed by atoms with Crippen molar-refractivity contribution in [3.63, 3.8) is 0 Å². The molecule has 0 spiro atoms. The highest BCUT2D eigenvalue weighted by Crippen LogP contribution is 2.24. The van der Waals surface area contributed by atoms with Crippen LogP contribution in [0.3, 0.4) is 0 Å². The van der Waals surface area contributed by atoms with Crippen LogP contribution >= 0.6 is 0 Å². The second kappa shape index (κ2) is 7.74. The first-order valence-corrected chi connectivity index (χ1v) is 7.53. The molecule has 1 heterocycles. The Balaban J connectivity index is 2.35. The maximum Gasteiger partial charge on any atom is 0.342 e. The average molecular weight is 316 g/mol. The van der Waals surface area contributed by atoms with Crippen LogP contribution < -0.4 is 0 Å². The highest BCUT2D eigenvalue weighted by atomic mass is 16.5.